The van der Waals surface area contributed by atoms with Gasteiger partial charge >= 0.3 is 0 Å². The average Bonchev–Trinajstić information content (AvgIpc) is 3.00. The minimum Gasteiger partial charge on any atom is -0.449 e. The van der Waals surface area contributed by atoms with Gasteiger partial charge in [-0.25, -0.2) is 4.98 Å². The molecule has 0 saturated heterocycles. The summed E-state index contributed by atoms with van der Waals surface area (Å²) in [5, 5.41) is 10.3. The summed E-state index contributed by atoms with van der Waals surface area (Å²) in [5.74, 6) is 0.611. The molecule has 24 heavy (non-hydrogen) atoms. The Morgan fingerprint density at radius 1 is 1.21 bits per heavy atom. The van der Waals surface area contributed by atoms with Gasteiger partial charge in [-0.3, -0.25) is 9.78 Å². The summed E-state index contributed by atoms with van der Waals surface area (Å²) < 4.78 is 5.58. The number of furan rings is 1. The predicted octanol–water partition coefficient (Wildman–Crippen LogP) is 3.83. The van der Waals surface area contributed by atoms with Gasteiger partial charge in [-0.15, -0.1) is 0 Å². The van der Waals surface area contributed by atoms with Crippen molar-refractivity contribution < 1.29 is 4.42 Å². The summed E-state index contributed by atoms with van der Waals surface area (Å²) in [5.41, 5.74) is 2.79. The summed E-state index contributed by atoms with van der Waals surface area (Å²) in [4.78, 5) is 19.5. The van der Waals surface area contributed by atoms with Gasteiger partial charge in [0.15, 0.2) is 5.16 Å². The fourth-order valence-electron chi connectivity index (χ4n) is 2.53. The van der Waals surface area contributed by atoms with E-state index >= 15 is 0 Å². The standard InChI is InChI=1S/C18H11N3O2S/c19-9-11-4-3-5-12(8-11)10-24-18-20-15-13-6-1-2-7-14(13)23-16(15)17(22)21-18/h1-8H,10H2,(H,20,21,22). The van der Waals surface area contributed by atoms with Crippen molar-refractivity contribution in [2.24, 2.45) is 0 Å². The molecule has 0 fully saturated rings. The summed E-state index contributed by atoms with van der Waals surface area (Å²) in [6, 6.07) is 16.9. The molecule has 0 amide bonds. The van der Waals surface area contributed by atoms with Crippen molar-refractivity contribution in [1.82, 2.24) is 9.97 Å². The number of hydrogen-bond acceptors (Lipinski definition) is 5. The molecule has 116 valence electrons. The Morgan fingerprint density at radius 3 is 2.96 bits per heavy atom. The number of nitrogens with one attached hydrogen (secondary N) is 1. The van der Waals surface area contributed by atoms with Crippen LogP contribution in [0.3, 0.4) is 0 Å². The highest BCUT2D eigenvalue weighted by Gasteiger charge is 2.13. The van der Waals surface area contributed by atoms with Crippen molar-refractivity contribution in [2.75, 3.05) is 0 Å². The number of nitriles is 1. The van der Waals surface area contributed by atoms with E-state index in [9.17, 15) is 4.79 Å². The van der Waals surface area contributed by atoms with Crippen molar-refractivity contribution in [3.63, 3.8) is 0 Å². The highest BCUT2D eigenvalue weighted by molar-refractivity contribution is 7.98. The molecule has 0 unspecified atom stereocenters. The Labute approximate surface area is 140 Å². The van der Waals surface area contributed by atoms with Crippen molar-refractivity contribution >= 4 is 33.8 Å². The lowest BCUT2D eigenvalue weighted by Crippen LogP contribution is -2.07. The van der Waals surface area contributed by atoms with Gasteiger partial charge in [0, 0.05) is 11.1 Å². The first-order valence-corrected chi connectivity index (χ1v) is 8.26. The molecule has 0 bridgehead atoms. The molecule has 0 atom stereocenters. The van der Waals surface area contributed by atoms with Crippen LogP contribution < -0.4 is 5.56 Å². The summed E-state index contributed by atoms with van der Waals surface area (Å²) in [7, 11) is 0. The smallest absolute Gasteiger partial charge is 0.295 e. The van der Waals surface area contributed by atoms with Gasteiger partial charge in [-0.2, -0.15) is 5.26 Å². The fourth-order valence-corrected chi connectivity index (χ4v) is 3.33. The largest absolute Gasteiger partial charge is 0.449 e. The monoisotopic (exact) mass is 333 g/mol. The average molecular weight is 333 g/mol. The van der Waals surface area contributed by atoms with Crippen LogP contribution in [0.1, 0.15) is 11.1 Å². The first-order chi connectivity index (χ1) is 11.7. The Morgan fingerprint density at radius 2 is 2.08 bits per heavy atom. The van der Waals surface area contributed by atoms with Crippen LogP contribution in [0.15, 0.2) is 62.9 Å². The molecule has 1 N–H and O–H groups in total. The summed E-state index contributed by atoms with van der Waals surface area (Å²) in [6.45, 7) is 0. The van der Waals surface area contributed by atoms with Crippen LogP contribution in [0.5, 0.6) is 0 Å². The van der Waals surface area contributed by atoms with Gasteiger partial charge in [0.2, 0.25) is 5.58 Å². The third kappa shape index (κ3) is 2.55. The molecule has 0 aliphatic heterocycles. The lowest BCUT2D eigenvalue weighted by atomic mass is 10.2. The van der Waals surface area contributed by atoms with Crippen LogP contribution >= 0.6 is 11.8 Å². The Bertz CT molecular complexity index is 1150. The number of benzene rings is 2. The number of thioether (sulfide) groups is 1. The summed E-state index contributed by atoms with van der Waals surface area (Å²) >= 11 is 1.42. The third-order valence-electron chi connectivity index (χ3n) is 3.64. The third-order valence-corrected chi connectivity index (χ3v) is 4.59. The highest BCUT2D eigenvalue weighted by atomic mass is 32.2. The first kappa shape index (κ1) is 14.5. The minimum absolute atomic E-state index is 0.243. The maximum Gasteiger partial charge on any atom is 0.295 e. The number of para-hydroxylation sites is 1. The zero-order valence-corrected chi connectivity index (χ0v) is 13.3. The van der Waals surface area contributed by atoms with E-state index in [4.69, 9.17) is 9.68 Å². The molecule has 6 heteroatoms. The molecule has 0 spiro atoms. The number of nitrogens with zero attached hydrogens (tertiary/aromatic N) is 2. The molecule has 0 radical (unpaired) electrons. The molecule has 2 aromatic heterocycles. The number of H-pyrrole nitrogens is 1. The molecule has 0 saturated carbocycles. The van der Waals surface area contributed by atoms with Gasteiger partial charge in [0.1, 0.15) is 11.1 Å². The first-order valence-electron chi connectivity index (χ1n) is 7.28. The van der Waals surface area contributed by atoms with Gasteiger partial charge in [-0.1, -0.05) is 36.0 Å². The minimum atomic E-state index is -0.288. The Balaban J connectivity index is 1.70. The summed E-state index contributed by atoms with van der Waals surface area (Å²) in [6.07, 6.45) is 0. The lowest BCUT2D eigenvalue weighted by Gasteiger charge is -2.02. The SMILES string of the molecule is N#Cc1cccc(CSc2nc3c(oc4ccccc43)c(=O)[nH]2)c1. The molecule has 4 aromatic rings. The van der Waals surface area contributed by atoms with Gasteiger partial charge in [0.25, 0.3) is 5.56 Å². The van der Waals surface area contributed by atoms with E-state index < -0.39 is 0 Å². The number of aromatic amines is 1. The van der Waals surface area contributed by atoms with Gasteiger partial charge < -0.3 is 4.42 Å². The number of hydrogen-bond donors (Lipinski definition) is 1. The predicted molar refractivity (Wildman–Crippen MR) is 92.9 cm³/mol. The molecular formula is C18H11N3O2S. The Hall–Kier alpha value is -3.04. The van der Waals surface area contributed by atoms with E-state index in [1.165, 1.54) is 11.8 Å². The zero-order valence-electron chi connectivity index (χ0n) is 12.4. The molecular weight excluding hydrogens is 322 g/mol. The van der Waals surface area contributed by atoms with Gasteiger partial charge in [0.05, 0.1) is 11.6 Å². The van der Waals surface area contributed by atoms with E-state index in [1.807, 2.05) is 42.5 Å². The molecule has 0 aliphatic carbocycles. The van der Waals surface area contributed by atoms with Gasteiger partial charge in [-0.05, 0) is 29.8 Å². The molecule has 4 rings (SSSR count). The molecule has 2 heterocycles. The van der Waals surface area contributed by atoms with Crippen LogP contribution in [0.2, 0.25) is 0 Å². The van der Waals surface area contributed by atoms with E-state index in [1.54, 1.807) is 6.07 Å². The van der Waals surface area contributed by atoms with Crippen molar-refractivity contribution in [1.29, 1.82) is 5.26 Å². The maximum atomic E-state index is 12.2. The number of aromatic nitrogens is 2. The van der Waals surface area contributed by atoms with Crippen molar-refractivity contribution in [2.45, 2.75) is 10.9 Å². The van der Waals surface area contributed by atoms with E-state index in [0.29, 0.717) is 27.6 Å². The number of rotatable bonds is 3. The van der Waals surface area contributed by atoms with E-state index in [-0.39, 0.29) is 11.1 Å². The highest BCUT2D eigenvalue weighted by Crippen LogP contribution is 2.27. The van der Waals surface area contributed by atoms with Crippen LogP contribution in [0.25, 0.3) is 22.1 Å². The molecule has 2 aromatic carbocycles. The Kier molecular flexibility index (Phi) is 3.56. The number of fused-ring (bicyclic) bond motifs is 3. The van der Waals surface area contributed by atoms with E-state index in [2.05, 4.69) is 16.0 Å². The van der Waals surface area contributed by atoms with Crippen molar-refractivity contribution in [3.8, 4) is 6.07 Å². The zero-order chi connectivity index (χ0) is 16.5. The second kappa shape index (κ2) is 5.87. The lowest BCUT2D eigenvalue weighted by molar-refractivity contribution is 0.658. The van der Waals surface area contributed by atoms with Crippen LogP contribution in [0.4, 0.5) is 0 Å². The molecule has 5 nitrogen and oxygen atoms in total. The second-order valence-corrected chi connectivity index (χ2v) is 6.21. The second-order valence-electron chi connectivity index (χ2n) is 5.25. The topological polar surface area (TPSA) is 82.7 Å². The fraction of sp³-hybridized carbons (Fsp3) is 0.0556. The maximum absolute atomic E-state index is 12.2. The van der Waals surface area contributed by atoms with Crippen LogP contribution in [-0.2, 0) is 5.75 Å². The molecule has 0 aliphatic rings. The quantitative estimate of drug-likeness (QED) is 0.455. The van der Waals surface area contributed by atoms with Crippen molar-refractivity contribution in [3.05, 3.63) is 70.0 Å². The van der Waals surface area contributed by atoms with E-state index in [0.717, 1.165) is 10.9 Å². The normalized spacial score (nSPS) is 11.0. The van der Waals surface area contributed by atoms with Crippen LogP contribution in [0, 0.1) is 11.3 Å². The van der Waals surface area contributed by atoms with Crippen LogP contribution in [-0.4, -0.2) is 9.97 Å².